The molecule has 3 rings (SSSR count). The molecule has 0 radical (unpaired) electrons. The second-order valence-electron chi connectivity index (χ2n) is 7.33. The Hall–Kier alpha value is -3.02. The van der Waals surface area contributed by atoms with Crippen molar-refractivity contribution in [3.05, 3.63) is 60.2 Å². The molecule has 154 valence electrons. The lowest BCUT2D eigenvalue weighted by Gasteiger charge is -2.22. The van der Waals surface area contributed by atoms with Crippen molar-refractivity contribution in [3.63, 3.8) is 0 Å². The predicted octanol–water partition coefficient (Wildman–Crippen LogP) is 4.23. The minimum atomic E-state index is -0.190. The van der Waals surface area contributed by atoms with Crippen molar-refractivity contribution in [2.75, 3.05) is 11.9 Å². The third-order valence-corrected chi connectivity index (χ3v) is 4.96. The number of carbonyl (C=O) groups excluding carboxylic acids is 2. The molecule has 3 N–H and O–H groups in total. The van der Waals surface area contributed by atoms with Crippen molar-refractivity contribution in [2.24, 2.45) is 0 Å². The Balaban J connectivity index is 1.33. The molecule has 0 heterocycles. The number of hydrogen-bond acceptors (Lipinski definition) is 3. The first-order valence-electron chi connectivity index (χ1n) is 10.3. The molecule has 0 aliphatic heterocycles. The maximum absolute atomic E-state index is 12.1. The summed E-state index contributed by atoms with van der Waals surface area (Å²) in [6, 6.07) is 17.3. The summed E-state index contributed by atoms with van der Waals surface area (Å²) in [5.74, 6) is 0.605. The molecule has 1 fully saturated rings. The van der Waals surface area contributed by atoms with Gasteiger partial charge in [-0.25, -0.2) is 4.79 Å². The van der Waals surface area contributed by atoms with Crippen molar-refractivity contribution in [3.8, 4) is 5.75 Å². The van der Waals surface area contributed by atoms with Gasteiger partial charge >= 0.3 is 6.03 Å². The minimum absolute atomic E-state index is 0.138. The predicted molar refractivity (Wildman–Crippen MR) is 114 cm³/mol. The summed E-state index contributed by atoms with van der Waals surface area (Å²) in [6.07, 6.45) is 5.90. The van der Waals surface area contributed by atoms with Crippen molar-refractivity contribution in [1.82, 2.24) is 10.6 Å². The Morgan fingerprint density at radius 3 is 2.38 bits per heavy atom. The zero-order valence-electron chi connectivity index (χ0n) is 16.7. The van der Waals surface area contributed by atoms with Crippen LogP contribution in [0, 0.1) is 0 Å². The third-order valence-electron chi connectivity index (χ3n) is 4.96. The lowest BCUT2D eigenvalue weighted by Crippen LogP contribution is -2.43. The van der Waals surface area contributed by atoms with Crippen molar-refractivity contribution in [2.45, 2.75) is 51.2 Å². The van der Waals surface area contributed by atoms with E-state index < -0.39 is 0 Å². The summed E-state index contributed by atoms with van der Waals surface area (Å²) in [6.45, 7) is 0.809. The number of carbonyl (C=O) groups is 2. The fourth-order valence-electron chi connectivity index (χ4n) is 3.37. The Kier molecular flexibility index (Phi) is 7.92. The van der Waals surface area contributed by atoms with Crippen LogP contribution in [0.5, 0.6) is 5.75 Å². The number of nitrogens with one attached hydrogen (secondary N) is 3. The number of anilines is 1. The number of ether oxygens (including phenoxy) is 1. The molecule has 3 amide bonds. The van der Waals surface area contributed by atoms with Gasteiger partial charge in [0, 0.05) is 24.7 Å². The van der Waals surface area contributed by atoms with Gasteiger partial charge in [-0.2, -0.15) is 0 Å². The molecule has 6 nitrogen and oxygen atoms in total. The molecule has 0 spiro atoms. The topological polar surface area (TPSA) is 79.5 Å². The molecule has 0 unspecified atom stereocenters. The minimum Gasteiger partial charge on any atom is -0.489 e. The molecule has 29 heavy (non-hydrogen) atoms. The molecule has 2 aromatic rings. The molecule has 1 aliphatic carbocycles. The highest BCUT2D eigenvalue weighted by molar-refractivity contribution is 5.91. The van der Waals surface area contributed by atoms with Crippen LogP contribution in [0.2, 0.25) is 0 Å². The first-order chi connectivity index (χ1) is 14.2. The number of rotatable bonds is 8. The Morgan fingerprint density at radius 1 is 0.931 bits per heavy atom. The summed E-state index contributed by atoms with van der Waals surface area (Å²) in [4.78, 5) is 24.0. The average Bonchev–Trinajstić information content (AvgIpc) is 2.75. The van der Waals surface area contributed by atoms with E-state index in [0.717, 1.165) is 24.2 Å². The van der Waals surface area contributed by atoms with E-state index in [1.165, 1.54) is 19.3 Å². The highest BCUT2D eigenvalue weighted by Crippen LogP contribution is 2.18. The van der Waals surface area contributed by atoms with Crippen LogP contribution < -0.4 is 20.7 Å². The quantitative estimate of drug-likeness (QED) is 0.626. The molecule has 1 saturated carbocycles. The summed E-state index contributed by atoms with van der Waals surface area (Å²) in [7, 11) is 0. The lowest BCUT2D eigenvalue weighted by atomic mass is 9.96. The Bertz CT molecular complexity index is 772. The van der Waals surface area contributed by atoms with Gasteiger partial charge in [0.2, 0.25) is 5.91 Å². The molecular weight excluding hydrogens is 366 g/mol. The largest absolute Gasteiger partial charge is 0.489 e. The first-order valence-corrected chi connectivity index (χ1v) is 10.3. The Labute approximate surface area is 172 Å². The standard InChI is InChI=1S/C23H29N3O3/c27-22(15-16-24-23(28)26-19-9-5-2-6-10-19)25-20-11-13-21(14-12-20)29-17-18-7-3-1-4-8-18/h1,3-4,7-8,11-14,19H,2,5-6,9-10,15-17H2,(H,25,27)(H2,24,26,28). The first kappa shape index (κ1) is 20.7. The highest BCUT2D eigenvalue weighted by Gasteiger charge is 2.15. The zero-order valence-corrected chi connectivity index (χ0v) is 16.7. The van der Waals surface area contributed by atoms with E-state index in [9.17, 15) is 9.59 Å². The van der Waals surface area contributed by atoms with Gasteiger partial charge in [0.25, 0.3) is 0 Å². The lowest BCUT2D eigenvalue weighted by molar-refractivity contribution is -0.116. The van der Waals surface area contributed by atoms with E-state index >= 15 is 0 Å². The number of hydrogen-bond donors (Lipinski definition) is 3. The van der Waals surface area contributed by atoms with E-state index in [2.05, 4.69) is 16.0 Å². The van der Waals surface area contributed by atoms with Crippen LogP contribution in [0.15, 0.2) is 54.6 Å². The van der Waals surface area contributed by atoms with Crippen LogP contribution in [-0.2, 0) is 11.4 Å². The summed E-state index contributed by atoms with van der Waals surface area (Å²) in [5.41, 5.74) is 1.80. The van der Waals surface area contributed by atoms with Gasteiger partial charge in [-0.15, -0.1) is 0 Å². The van der Waals surface area contributed by atoms with Gasteiger partial charge in [-0.05, 0) is 42.7 Å². The number of urea groups is 1. The molecule has 0 atom stereocenters. The van der Waals surface area contributed by atoms with Crippen LogP contribution in [0.3, 0.4) is 0 Å². The van der Waals surface area contributed by atoms with Crippen LogP contribution in [0.25, 0.3) is 0 Å². The normalized spacial score (nSPS) is 14.1. The monoisotopic (exact) mass is 395 g/mol. The maximum atomic E-state index is 12.1. The third kappa shape index (κ3) is 7.49. The molecule has 0 aromatic heterocycles. The van der Waals surface area contributed by atoms with Crippen LogP contribution in [0.1, 0.15) is 44.1 Å². The number of amides is 3. The summed E-state index contributed by atoms with van der Waals surface area (Å²) < 4.78 is 5.74. The van der Waals surface area contributed by atoms with Gasteiger partial charge < -0.3 is 20.7 Å². The van der Waals surface area contributed by atoms with Crippen molar-refractivity contribution >= 4 is 17.6 Å². The zero-order chi connectivity index (χ0) is 20.3. The van der Waals surface area contributed by atoms with E-state index in [0.29, 0.717) is 18.8 Å². The second-order valence-corrected chi connectivity index (χ2v) is 7.33. The summed E-state index contributed by atoms with van der Waals surface area (Å²) >= 11 is 0. The molecule has 6 heteroatoms. The van der Waals surface area contributed by atoms with Crippen molar-refractivity contribution < 1.29 is 14.3 Å². The molecule has 1 aliphatic rings. The van der Waals surface area contributed by atoms with Gasteiger partial charge in [0.15, 0.2) is 0 Å². The average molecular weight is 396 g/mol. The smallest absolute Gasteiger partial charge is 0.315 e. The van der Waals surface area contributed by atoms with Crippen LogP contribution in [-0.4, -0.2) is 24.5 Å². The van der Waals surface area contributed by atoms with Crippen molar-refractivity contribution in [1.29, 1.82) is 0 Å². The van der Waals surface area contributed by atoms with E-state index in [4.69, 9.17) is 4.74 Å². The second kappa shape index (κ2) is 11.1. The Morgan fingerprint density at radius 2 is 1.66 bits per heavy atom. The number of benzene rings is 2. The van der Waals surface area contributed by atoms with Gasteiger partial charge in [-0.1, -0.05) is 49.6 Å². The van der Waals surface area contributed by atoms with Gasteiger partial charge in [0.05, 0.1) is 0 Å². The van der Waals surface area contributed by atoms with Crippen LogP contribution >= 0.6 is 0 Å². The highest BCUT2D eigenvalue weighted by atomic mass is 16.5. The molecule has 0 saturated heterocycles. The van der Waals surface area contributed by atoms with E-state index in [1.54, 1.807) is 12.1 Å². The maximum Gasteiger partial charge on any atom is 0.315 e. The van der Waals surface area contributed by atoms with E-state index in [-0.39, 0.29) is 24.4 Å². The van der Waals surface area contributed by atoms with Crippen LogP contribution in [0.4, 0.5) is 10.5 Å². The molecule has 0 bridgehead atoms. The molecule has 2 aromatic carbocycles. The SMILES string of the molecule is O=C(CCNC(=O)NC1CCCCC1)Nc1ccc(OCc2ccccc2)cc1. The summed E-state index contributed by atoms with van der Waals surface area (Å²) in [5, 5.41) is 8.57. The van der Waals surface area contributed by atoms with Gasteiger partial charge in [-0.3, -0.25) is 4.79 Å². The van der Waals surface area contributed by atoms with E-state index in [1.807, 2.05) is 42.5 Å². The fourth-order valence-corrected chi connectivity index (χ4v) is 3.37. The van der Waals surface area contributed by atoms with Gasteiger partial charge in [0.1, 0.15) is 12.4 Å². The molecular formula is C23H29N3O3. The fraction of sp³-hybridized carbons (Fsp3) is 0.391.